The standard InChI is InChI=1S/C36H43N3O5/c1-4-5-12-24(2)32-23-33(40)38-30(21-27-17-19-29(20-18-27)28-15-10-7-11-16-28)35(42)37-25(3)34(41)39-31(36(43)44-32)22-26-13-8-6-9-14-26/h6-11,13-20,24-25,30-32H,4-5,12,21-23H2,1-3H3,(H,37,42)(H,38,40)(H,39,41)/t24-,25-,30-,31+,32-/m0/s1. The van der Waals surface area contributed by atoms with Gasteiger partial charge < -0.3 is 20.7 Å². The molecule has 8 heteroatoms. The van der Waals surface area contributed by atoms with Crippen molar-refractivity contribution in [3.63, 3.8) is 0 Å². The van der Waals surface area contributed by atoms with Gasteiger partial charge in [-0.05, 0) is 41.5 Å². The molecule has 1 aliphatic rings. The van der Waals surface area contributed by atoms with E-state index in [0.29, 0.717) is 0 Å². The second-order valence-corrected chi connectivity index (χ2v) is 11.7. The predicted octanol–water partition coefficient (Wildman–Crippen LogP) is 4.75. The van der Waals surface area contributed by atoms with Gasteiger partial charge in [-0.15, -0.1) is 0 Å². The molecular weight excluding hydrogens is 554 g/mol. The smallest absolute Gasteiger partial charge is 0.329 e. The van der Waals surface area contributed by atoms with Crippen LogP contribution in [0.3, 0.4) is 0 Å². The molecule has 3 amide bonds. The van der Waals surface area contributed by atoms with E-state index in [1.54, 1.807) is 6.92 Å². The number of benzene rings is 3. The summed E-state index contributed by atoms with van der Waals surface area (Å²) < 4.78 is 5.98. The van der Waals surface area contributed by atoms with E-state index in [-0.39, 0.29) is 25.2 Å². The lowest BCUT2D eigenvalue weighted by molar-refractivity contribution is -0.157. The third kappa shape index (κ3) is 9.27. The third-order valence-electron chi connectivity index (χ3n) is 8.09. The second kappa shape index (κ2) is 15.8. The zero-order valence-corrected chi connectivity index (χ0v) is 25.8. The minimum atomic E-state index is -0.979. The van der Waals surface area contributed by atoms with Crippen molar-refractivity contribution in [1.29, 1.82) is 0 Å². The molecule has 1 heterocycles. The third-order valence-corrected chi connectivity index (χ3v) is 8.09. The van der Waals surface area contributed by atoms with E-state index >= 15 is 0 Å². The Morgan fingerprint density at radius 3 is 1.98 bits per heavy atom. The van der Waals surface area contributed by atoms with Crippen LogP contribution >= 0.6 is 0 Å². The van der Waals surface area contributed by atoms with Crippen LogP contribution in [0.4, 0.5) is 0 Å². The van der Waals surface area contributed by atoms with Gasteiger partial charge >= 0.3 is 5.97 Å². The number of amides is 3. The van der Waals surface area contributed by atoms with Crippen LogP contribution in [-0.2, 0) is 36.8 Å². The maximum Gasteiger partial charge on any atom is 0.329 e. The zero-order valence-electron chi connectivity index (χ0n) is 25.8. The van der Waals surface area contributed by atoms with Crippen molar-refractivity contribution in [2.24, 2.45) is 5.92 Å². The van der Waals surface area contributed by atoms with Gasteiger partial charge in [0.1, 0.15) is 24.2 Å². The number of carbonyl (C=O) groups excluding carboxylic acids is 4. The molecule has 8 nitrogen and oxygen atoms in total. The summed E-state index contributed by atoms with van der Waals surface area (Å²) in [6.45, 7) is 5.60. The van der Waals surface area contributed by atoms with Crippen LogP contribution in [-0.4, -0.2) is 47.9 Å². The van der Waals surface area contributed by atoms with Crippen LogP contribution in [0.25, 0.3) is 11.1 Å². The molecule has 0 aliphatic carbocycles. The number of carbonyl (C=O) groups is 4. The lowest BCUT2D eigenvalue weighted by Gasteiger charge is -2.27. The number of nitrogens with one attached hydrogen (secondary N) is 3. The Kier molecular flexibility index (Phi) is 11.7. The van der Waals surface area contributed by atoms with Crippen LogP contribution in [0, 0.1) is 5.92 Å². The molecule has 44 heavy (non-hydrogen) atoms. The zero-order chi connectivity index (χ0) is 31.5. The number of hydrogen-bond acceptors (Lipinski definition) is 5. The molecule has 5 atom stereocenters. The van der Waals surface area contributed by atoms with Crippen molar-refractivity contribution in [3.05, 3.63) is 96.1 Å². The van der Waals surface area contributed by atoms with Crippen molar-refractivity contribution in [2.75, 3.05) is 0 Å². The van der Waals surface area contributed by atoms with Crippen LogP contribution < -0.4 is 16.0 Å². The highest BCUT2D eigenvalue weighted by Crippen LogP contribution is 2.22. The summed E-state index contributed by atoms with van der Waals surface area (Å²) in [4.78, 5) is 53.7. The minimum absolute atomic E-state index is 0.0884. The van der Waals surface area contributed by atoms with E-state index in [4.69, 9.17) is 4.74 Å². The molecular formula is C36H43N3O5. The Morgan fingerprint density at radius 1 is 0.727 bits per heavy atom. The highest BCUT2D eigenvalue weighted by molar-refractivity contribution is 5.94. The van der Waals surface area contributed by atoms with Crippen LogP contribution in [0.5, 0.6) is 0 Å². The van der Waals surface area contributed by atoms with E-state index in [1.807, 2.05) is 91.9 Å². The molecule has 3 aromatic carbocycles. The lowest BCUT2D eigenvalue weighted by atomic mass is 9.95. The van der Waals surface area contributed by atoms with Gasteiger partial charge in [-0.3, -0.25) is 14.4 Å². The van der Waals surface area contributed by atoms with Gasteiger partial charge in [-0.25, -0.2) is 4.79 Å². The molecule has 4 rings (SSSR count). The maximum atomic E-state index is 13.5. The quantitative estimate of drug-likeness (QED) is 0.308. The first kappa shape index (κ1) is 32.5. The van der Waals surface area contributed by atoms with Crippen molar-refractivity contribution in [1.82, 2.24) is 16.0 Å². The highest BCUT2D eigenvalue weighted by Gasteiger charge is 2.33. The molecule has 1 fully saturated rings. The summed E-state index contributed by atoms with van der Waals surface area (Å²) in [6.07, 6.45) is 2.30. The summed E-state index contributed by atoms with van der Waals surface area (Å²) in [5, 5.41) is 8.40. The first-order valence-corrected chi connectivity index (χ1v) is 15.5. The topological polar surface area (TPSA) is 114 Å². The van der Waals surface area contributed by atoms with Gasteiger partial charge in [-0.1, -0.05) is 112 Å². The first-order chi connectivity index (χ1) is 21.2. The van der Waals surface area contributed by atoms with Gasteiger partial charge in [0.05, 0.1) is 6.42 Å². The molecule has 0 saturated carbocycles. The molecule has 3 N–H and O–H groups in total. The second-order valence-electron chi connectivity index (χ2n) is 11.7. The van der Waals surface area contributed by atoms with Crippen LogP contribution in [0.2, 0.25) is 0 Å². The maximum absolute atomic E-state index is 13.5. The fraction of sp³-hybridized carbons (Fsp3) is 0.389. The molecule has 232 valence electrons. The Bertz CT molecular complexity index is 1390. The van der Waals surface area contributed by atoms with E-state index < -0.39 is 47.9 Å². The normalized spacial score (nSPS) is 22.2. The average Bonchev–Trinajstić information content (AvgIpc) is 3.03. The Hall–Kier alpha value is -4.46. The van der Waals surface area contributed by atoms with E-state index in [2.05, 4.69) is 22.9 Å². The number of esters is 1. The molecule has 0 spiro atoms. The number of hydrogen-bond donors (Lipinski definition) is 3. The summed E-state index contributed by atoms with van der Waals surface area (Å²) in [6, 6.07) is 24.3. The minimum Gasteiger partial charge on any atom is -0.460 e. The van der Waals surface area contributed by atoms with Crippen molar-refractivity contribution < 1.29 is 23.9 Å². The first-order valence-electron chi connectivity index (χ1n) is 15.5. The molecule has 0 bridgehead atoms. The van der Waals surface area contributed by atoms with Gasteiger partial charge in [-0.2, -0.15) is 0 Å². The van der Waals surface area contributed by atoms with Crippen molar-refractivity contribution >= 4 is 23.7 Å². The van der Waals surface area contributed by atoms with Gasteiger partial charge in [0, 0.05) is 12.8 Å². The SMILES string of the molecule is CCCC[C@H](C)[C@@H]1CC(=O)N[C@@H](Cc2ccc(-c3ccccc3)cc2)C(=O)N[C@@H](C)C(=O)N[C@H](Cc2ccccc2)C(=O)O1. The largest absolute Gasteiger partial charge is 0.460 e. The Morgan fingerprint density at radius 2 is 1.32 bits per heavy atom. The number of ether oxygens (including phenoxy) is 1. The van der Waals surface area contributed by atoms with Gasteiger partial charge in [0.25, 0.3) is 0 Å². The summed E-state index contributed by atoms with van der Waals surface area (Å²) >= 11 is 0. The van der Waals surface area contributed by atoms with E-state index in [1.165, 1.54) is 0 Å². The number of rotatable bonds is 9. The van der Waals surface area contributed by atoms with Crippen molar-refractivity contribution in [2.45, 2.75) is 83.5 Å². The molecule has 0 unspecified atom stereocenters. The fourth-order valence-electron chi connectivity index (χ4n) is 5.37. The molecule has 0 radical (unpaired) electrons. The average molecular weight is 598 g/mol. The van der Waals surface area contributed by atoms with E-state index in [0.717, 1.165) is 41.5 Å². The van der Waals surface area contributed by atoms with Gasteiger partial charge in [0.2, 0.25) is 17.7 Å². The molecule has 1 aliphatic heterocycles. The highest BCUT2D eigenvalue weighted by atomic mass is 16.5. The Labute approximate surface area is 260 Å². The monoisotopic (exact) mass is 597 g/mol. The van der Waals surface area contributed by atoms with Crippen molar-refractivity contribution in [3.8, 4) is 11.1 Å². The molecule has 0 aromatic heterocycles. The number of unbranched alkanes of at least 4 members (excludes halogenated alkanes) is 1. The number of cyclic esters (lactones) is 1. The van der Waals surface area contributed by atoms with Crippen LogP contribution in [0.1, 0.15) is 57.6 Å². The predicted molar refractivity (Wildman–Crippen MR) is 170 cm³/mol. The summed E-state index contributed by atoms with van der Waals surface area (Å²) in [7, 11) is 0. The van der Waals surface area contributed by atoms with Crippen LogP contribution in [0.15, 0.2) is 84.9 Å². The summed E-state index contributed by atoms with van der Waals surface area (Å²) in [5.41, 5.74) is 3.82. The summed E-state index contributed by atoms with van der Waals surface area (Å²) in [5.74, 6) is -2.08. The lowest BCUT2D eigenvalue weighted by Crippen LogP contribution is -2.55. The molecule has 1 saturated heterocycles. The van der Waals surface area contributed by atoms with Gasteiger partial charge in [0.15, 0.2) is 0 Å². The fourth-order valence-corrected chi connectivity index (χ4v) is 5.37. The van der Waals surface area contributed by atoms with E-state index in [9.17, 15) is 19.2 Å². The molecule has 3 aromatic rings. The Balaban J connectivity index is 1.58.